The molecule has 0 radical (unpaired) electrons. The summed E-state index contributed by atoms with van der Waals surface area (Å²) in [6.07, 6.45) is 4.36. The first-order chi connectivity index (χ1) is 15.4. The molecule has 0 aromatic rings. The number of hydrogen-bond acceptors (Lipinski definition) is 7. The molecule has 8 heteroatoms. The maximum absolute atomic E-state index is 11.9. The fourth-order valence-electron chi connectivity index (χ4n) is 2.65. The van der Waals surface area contributed by atoms with Gasteiger partial charge in [-0.05, 0) is 45.1 Å². The number of aliphatic hydroxyl groups is 1. The summed E-state index contributed by atoms with van der Waals surface area (Å²) < 4.78 is 16.2. The molecule has 32 heavy (non-hydrogen) atoms. The summed E-state index contributed by atoms with van der Waals surface area (Å²) >= 11 is 0. The molecule has 0 heterocycles. The lowest BCUT2D eigenvalue weighted by Gasteiger charge is -2.23. The van der Waals surface area contributed by atoms with Crippen LogP contribution >= 0.6 is 0 Å². The minimum atomic E-state index is -1.36. The molecule has 0 aliphatic carbocycles. The topological polar surface area (TPSA) is 106 Å². The van der Waals surface area contributed by atoms with E-state index < -0.39 is 5.60 Å². The van der Waals surface area contributed by atoms with E-state index in [1.807, 2.05) is 13.8 Å². The number of rotatable bonds is 21. The van der Waals surface area contributed by atoms with Crippen molar-refractivity contribution in [2.75, 3.05) is 52.7 Å². The zero-order valence-corrected chi connectivity index (χ0v) is 21.5. The lowest BCUT2D eigenvalue weighted by Crippen LogP contribution is -2.40. The second kappa shape index (κ2) is 23.1. The summed E-state index contributed by atoms with van der Waals surface area (Å²) in [5.41, 5.74) is -1.36. The molecule has 0 aliphatic heterocycles. The van der Waals surface area contributed by atoms with Gasteiger partial charge in [0.05, 0.1) is 0 Å². The third-order valence-electron chi connectivity index (χ3n) is 4.79. The van der Waals surface area contributed by atoms with Gasteiger partial charge >= 0.3 is 0 Å². The van der Waals surface area contributed by atoms with Crippen LogP contribution in [0.5, 0.6) is 0 Å². The Hall–Kier alpha value is -1.06. The highest BCUT2D eigenvalue weighted by atomic mass is 16.5. The molecule has 8 nitrogen and oxygen atoms in total. The van der Waals surface area contributed by atoms with Gasteiger partial charge in [0.15, 0.2) is 5.78 Å². The van der Waals surface area contributed by atoms with Crippen LogP contribution in [0.3, 0.4) is 0 Å². The van der Waals surface area contributed by atoms with Crippen molar-refractivity contribution in [2.45, 2.75) is 91.7 Å². The summed E-state index contributed by atoms with van der Waals surface area (Å²) in [7, 11) is 0. The molecule has 0 saturated heterocycles. The molecule has 0 rings (SSSR count). The van der Waals surface area contributed by atoms with Crippen LogP contribution in [-0.4, -0.2) is 81.2 Å². The minimum absolute atomic E-state index is 0.191. The summed E-state index contributed by atoms with van der Waals surface area (Å²) in [6, 6.07) is 0.522. The minimum Gasteiger partial charge on any atom is -0.382 e. The Morgan fingerprint density at radius 1 is 0.812 bits per heavy atom. The van der Waals surface area contributed by atoms with Crippen LogP contribution in [0.25, 0.3) is 0 Å². The molecule has 0 aromatic carbocycles. The lowest BCUT2D eigenvalue weighted by atomic mass is 9.93. The maximum Gasteiger partial charge on any atom is 0.246 e. The predicted octanol–water partition coefficient (Wildman–Crippen LogP) is 2.86. The van der Waals surface area contributed by atoms with Gasteiger partial charge in [0.2, 0.25) is 5.91 Å². The molecule has 1 amide bonds. The summed E-state index contributed by atoms with van der Waals surface area (Å²) in [6.45, 7) is 15.6. The summed E-state index contributed by atoms with van der Waals surface area (Å²) in [4.78, 5) is 23.6. The van der Waals surface area contributed by atoms with Gasteiger partial charge in [0.1, 0.15) is 18.8 Å². The first-order valence-electron chi connectivity index (χ1n) is 12.3. The van der Waals surface area contributed by atoms with Crippen molar-refractivity contribution in [3.8, 4) is 0 Å². The van der Waals surface area contributed by atoms with Crippen molar-refractivity contribution in [3.05, 3.63) is 0 Å². The van der Waals surface area contributed by atoms with Crippen LogP contribution < -0.4 is 10.6 Å². The van der Waals surface area contributed by atoms with Gasteiger partial charge in [-0.1, -0.05) is 41.5 Å². The fourth-order valence-corrected chi connectivity index (χ4v) is 2.65. The Morgan fingerprint density at radius 2 is 1.31 bits per heavy atom. The third kappa shape index (κ3) is 19.6. The van der Waals surface area contributed by atoms with Crippen molar-refractivity contribution >= 4 is 11.7 Å². The zero-order valence-electron chi connectivity index (χ0n) is 21.5. The molecular formula is C24H50N2O6. The highest BCUT2D eigenvalue weighted by Gasteiger charge is 2.31. The van der Waals surface area contributed by atoms with E-state index in [0.29, 0.717) is 38.6 Å². The fraction of sp³-hybridized carbons (Fsp3) is 0.917. The summed E-state index contributed by atoms with van der Waals surface area (Å²) in [5.74, 6) is -0.665. The second-order valence-electron chi connectivity index (χ2n) is 7.75. The van der Waals surface area contributed by atoms with Crippen molar-refractivity contribution < 1.29 is 28.9 Å². The molecule has 192 valence electrons. The second-order valence-corrected chi connectivity index (χ2v) is 7.75. The molecule has 0 spiro atoms. The Kier molecular flexibility index (Phi) is 23.9. The van der Waals surface area contributed by atoms with Crippen LogP contribution in [0.15, 0.2) is 0 Å². The van der Waals surface area contributed by atoms with E-state index in [4.69, 9.17) is 14.2 Å². The summed E-state index contributed by atoms with van der Waals surface area (Å²) in [5, 5.41) is 16.1. The normalized spacial score (nSPS) is 11.2. The van der Waals surface area contributed by atoms with Gasteiger partial charge in [-0.25, -0.2) is 0 Å². The van der Waals surface area contributed by atoms with Gasteiger partial charge in [0.25, 0.3) is 0 Å². The Morgan fingerprint density at radius 3 is 1.81 bits per heavy atom. The number of ketones is 1. The number of ether oxygens (including phenoxy) is 3. The molecule has 0 atom stereocenters. The Bertz CT molecular complexity index is 442. The van der Waals surface area contributed by atoms with Gasteiger partial charge in [-0.15, -0.1) is 0 Å². The first-order valence-corrected chi connectivity index (χ1v) is 12.3. The first kappa shape index (κ1) is 33.1. The predicted molar refractivity (Wildman–Crippen MR) is 129 cm³/mol. The molecule has 0 bridgehead atoms. The van der Waals surface area contributed by atoms with E-state index in [0.717, 1.165) is 45.4 Å². The molecule has 0 aliphatic rings. The lowest BCUT2D eigenvalue weighted by molar-refractivity contribution is -0.144. The molecule has 0 fully saturated rings. The molecular weight excluding hydrogens is 412 g/mol. The number of unbranched alkanes of at least 4 members (excludes halogenated alkanes) is 1. The van der Waals surface area contributed by atoms with Crippen LogP contribution in [-0.2, 0) is 23.8 Å². The van der Waals surface area contributed by atoms with E-state index >= 15 is 0 Å². The monoisotopic (exact) mass is 462 g/mol. The van der Waals surface area contributed by atoms with Crippen molar-refractivity contribution in [1.29, 1.82) is 0 Å². The van der Waals surface area contributed by atoms with E-state index in [2.05, 4.69) is 24.5 Å². The number of nitrogens with one attached hydrogen (secondary N) is 2. The third-order valence-corrected chi connectivity index (χ3v) is 4.79. The SMILES string of the molecule is CC.CCC(O)(CC)C(=O)COCC(=O)NCCCOCCCCOCCCNC(C)C. The molecule has 0 saturated carbocycles. The van der Waals surface area contributed by atoms with Gasteiger partial charge in [-0.3, -0.25) is 9.59 Å². The van der Waals surface area contributed by atoms with Crippen molar-refractivity contribution in [1.82, 2.24) is 10.6 Å². The van der Waals surface area contributed by atoms with E-state index in [1.165, 1.54) is 0 Å². The van der Waals surface area contributed by atoms with Crippen molar-refractivity contribution in [3.63, 3.8) is 0 Å². The zero-order chi connectivity index (χ0) is 24.7. The van der Waals surface area contributed by atoms with E-state index in [9.17, 15) is 14.7 Å². The highest BCUT2D eigenvalue weighted by molar-refractivity contribution is 5.88. The number of hydrogen-bond donors (Lipinski definition) is 3. The van der Waals surface area contributed by atoms with Crippen LogP contribution in [0.1, 0.15) is 80.1 Å². The van der Waals surface area contributed by atoms with Crippen molar-refractivity contribution in [2.24, 2.45) is 0 Å². The van der Waals surface area contributed by atoms with Crippen LogP contribution in [0.4, 0.5) is 0 Å². The van der Waals surface area contributed by atoms with Gasteiger partial charge in [0, 0.05) is 39.0 Å². The van der Waals surface area contributed by atoms with E-state index in [1.54, 1.807) is 13.8 Å². The van der Waals surface area contributed by atoms with Gasteiger partial charge < -0.3 is 30.0 Å². The van der Waals surface area contributed by atoms with Crippen LogP contribution in [0.2, 0.25) is 0 Å². The largest absolute Gasteiger partial charge is 0.382 e. The maximum atomic E-state index is 11.9. The Labute approximate surface area is 196 Å². The van der Waals surface area contributed by atoms with Crippen LogP contribution in [0, 0.1) is 0 Å². The molecule has 0 unspecified atom stereocenters. The standard InChI is InChI=1S/C22H44N2O6.C2H6/c1-5-22(27,6-2)20(25)17-30-18-21(26)24-12-10-16-29-14-8-7-13-28-15-9-11-23-19(3)4;1-2/h19,23,27H,5-18H2,1-4H3,(H,24,26);1-2H3. The van der Waals surface area contributed by atoms with E-state index in [-0.39, 0.29) is 24.9 Å². The number of amides is 1. The number of carbonyl (C=O) groups excluding carboxylic acids is 2. The quantitative estimate of drug-likeness (QED) is 0.225. The average molecular weight is 463 g/mol. The van der Waals surface area contributed by atoms with Gasteiger partial charge in [-0.2, -0.15) is 0 Å². The number of carbonyl (C=O) groups is 2. The number of Topliss-reactive ketones (excluding diaryl/α,β-unsaturated/α-hetero) is 1. The molecule has 0 aromatic heterocycles. The highest BCUT2D eigenvalue weighted by Crippen LogP contribution is 2.15. The smallest absolute Gasteiger partial charge is 0.246 e. The Balaban J connectivity index is 0. The molecule has 3 N–H and O–H groups in total. The average Bonchev–Trinajstić information content (AvgIpc) is 2.79.